The predicted octanol–water partition coefficient (Wildman–Crippen LogP) is 3.81. The summed E-state index contributed by atoms with van der Waals surface area (Å²) in [5, 5.41) is 6.23. The first-order valence-corrected chi connectivity index (χ1v) is 9.45. The van der Waals surface area contributed by atoms with Gasteiger partial charge in [-0.05, 0) is 37.8 Å². The van der Waals surface area contributed by atoms with Crippen molar-refractivity contribution in [1.82, 2.24) is 10.6 Å². The van der Waals surface area contributed by atoms with Gasteiger partial charge < -0.3 is 10.6 Å². The van der Waals surface area contributed by atoms with Gasteiger partial charge in [-0.25, -0.2) is 0 Å². The SMILES string of the molecule is O=C(NC1CCCCC1)c1ccccc1C(=O)NC1CCCCC1. The van der Waals surface area contributed by atoms with Crippen LogP contribution >= 0.6 is 0 Å². The summed E-state index contributed by atoms with van der Waals surface area (Å²) >= 11 is 0. The molecule has 0 aromatic heterocycles. The third-order valence-corrected chi connectivity index (χ3v) is 5.30. The predicted molar refractivity (Wildman–Crippen MR) is 95.1 cm³/mol. The largest absolute Gasteiger partial charge is 0.349 e. The molecule has 2 aliphatic rings. The van der Waals surface area contributed by atoms with Gasteiger partial charge in [0.2, 0.25) is 0 Å². The highest BCUT2D eigenvalue weighted by molar-refractivity contribution is 6.07. The lowest BCUT2D eigenvalue weighted by Crippen LogP contribution is -2.39. The van der Waals surface area contributed by atoms with E-state index in [1.54, 1.807) is 12.1 Å². The maximum absolute atomic E-state index is 12.6. The van der Waals surface area contributed by atoms with Crippen LogP contribution in [0.2, 0.25) is 0 Å². The molecule has 0 unspecified atom stereocenters. The van der Waals surface area contributed by atoms with E-state index in [4.69, 9.17) is 0 Å². The first kappa shape index (κ1) is 17.0. The van der Waals surface area contributed by atoms with Gasteiger partial charge in [-0.1, -0.05) is 50.7 Å². The molecule has 2 aliphatic carbocycles. The fraction of sp³-hybridized carbons (Fsp3) is 0.600. The molecule has 130 valence electrons. The lowest BCUT2D eigenvalue weighted by molar-refractivity contribution is 0.0892. The third kappa shape index (κ3) is 4.37. The quantitative estimate of drug-likeness (QED) is 0.883. The molecule has 0 spiro atoms. The van der Waals surface area contributed by atoms with Gasteiger partial charge in [0, 0.05) is 12.1 Å². The van der Waals surface area contributed by atoms with Crippen molar-refractivity contribution < 1.29 is 9.59 Å². The molecule has 0 saturated heterocycles. The van der Waals surface area contributed by atoms with Crippen LogP contribution in [0, 0.1) is 0 Å². The fourth-order valence-corrected chi connectivity index (χ4v) is 3.90. The van der Waals surface area contributed by atoms with Crippen molar-refractivity contribution in [1.29, 1.82) is 0 Å². The highest BCUT2D eigenvalue weighted by Gasteiger charge is 2.22. The molecule has 0 heterocycles. The van der Waals surface area contributed by atoms with Gasteiger partial charge in [-0.3, -0.25) is 9.59 Å². The number of carbonyl (C=O) groups excluding carboxylic acids is 2. The summed E-state index contributed by atoms with van der Waals surface area (Å²) in [4.78, 5) is 25.3. The molecule has 24 heavy (non-hydrogen) atoms. The first-order valence-electron chi connectivity index (χ1n) is 9.45. The molecule has 0 atom stereocenters. The maximum Gasteiger partial charge on any atom is 0.252 e. The Morgan fingerprint density at radius 2 is 1.04 bits per heavy atom. The Hall–Kier alpha value is -1.84. The van der Waals surface area contributed by atoms with E-state index in [2.05, 4.69) is 10.6 Å². The van der Waals surface area contributed by atoms with Crippen molar-refractivity contribution in [2.24, 2.45) is 0 Å². The van der Waals surface area contributed by atoms with Crippen molar-refractivity contribution in [2.75, 3.05) is 0 Å². The molecule has 3 rings (SSSR count). The maximum atomic E-state index is 12.6. The van der Waals surface area contributed by atoms with E-state index in [-0.39, 0.29) is 23.9 Å². The normalized spacial score (nSPS) is 19.7. The summed E-state index contributed by atoms with van der Waals surface area (Å²) in [7, 11) is 0. The van der Waals surface area contributed by atoms with E-state index in [9.17, 15) is 9.59 Å². The minimum absolute atomic E-state index is 0.115. The molecule has 2 N–H and O–H groups in total. The standard InChI is InChI=1S/C20H28N2O2/c23-19(21-15-9-3-1-4-10-15)17-13-7-8-14-18(17)20(24)22-16-11-5-2-6-12-16/h7-8,13-16H,1-6,9-12H2,(H,21,23)(H,22,24). The van der Waals surface area contributed by atoms with Gasteiger partial charge in [0.25, 0.3) is 11.8 Å². The van der Waals surface area contributed by atoms with Crippen LogP contribution in [0.1, 0.15) is 84.9 Å². The number of rotatable bonds is 4. The van der Waals surface area contributed by atoms with Gasteiger partial charge in [0.15, 0.2) is 0 Å². The highest BCUT2D eigenvalue weighted by atomic mass is 16.2. The highest BCUT2D eigenvalue weighted by Crippen LogP contribution is 2.20. The van der Waals surface area contributed by atoms with Crippen molar-refractivity contribution in [2.45, 2.75) is 76.3 Å². The second kappa shape index (κ2) is 8.32. The summed E-state index contributed by atoms with van der Waals surface area (Å²) in [6.45, 7) is 0. The van der Waals surface area contributed by atoms with Crippen LogP contribution < -0.4 is 10.6 Å². The van der Waals surface area contributed by atoms with Crippen LogP contribution in [0.25, 0.3) is 0 Å². The summed E-state index contributed by atoms with van der Waals surface area (Å²) in [5.41, 5.74) is 0.993. The van der Waals surface area contributed by atoms with E-state index in [1.165, 1.54) is 38.5 Å². The molecule has 2 saturated carbocycles. The average Bonchev–Trinajstić information content (AvgIpc) is 2.63. The second-order valence-electron chi connectivity index (χ2n) is 7.16. The molecule has 2 fully saturated rings. The Balaban J connectivity index is 1.67. The average molecular weight is 328 g/mol. The number of hydrogen-bond acceptors (Lipinski definition) is 2. The van der Waals surface area contributed by atoms with Crippen molar-refractivity contribution in [3.8, 4) is 0 Å². The van der Waals surface area contributed by atoms with Gasteiger partial charge in [0.1, 0.15) is 0 Å². The lowest BCUT2D eigenvalue weighted by atomic mass is 9.94. The van der Waals surface area contributed by atoms with E-state index in [0.717, 1.165) is 25.7 Å². The third-order valence-electron chi connectivity index (χ3n) is 5.30. The molecule has 0 radical (unpaired) electrons. The topological polar surface area (TPSA) is 58.2 Å². The number of carbonyl (C=O) groups is 2. The number of hydrogen-bond donors (Lipinski definition) is 2. The fourth-order valence-electron chi connectivity index (χ4n) is 3.90. The van der Waals surface area contributed by atoms with Crippen molar-refractivity contribution in [3.63, 3.8) is 0 Å². The van der Waals surface area contributed by atoms with Crippen molar-refractivity contribution >= 4 is 11.8 Å². The minimum Gasteiger partial charge on any atom is -0.349 e. The first-order chi connectivity index (χ1) is 11.7. The van der Waals surface area contributed by atoms with Crippen LogP contribution in [0.15, 0.2) is 24.3 Å². The molecular weight excluding hydrogens is 300 g/mol. The number of nitrogens with one attached hydrogen (secondary N) is 2. The molecule has 2 amide bonds. The zero-order valence-corrected chi connectivity index (χ0v) is 14.4. The van der Waals surface area contributed by atoms with Crippen LogP contribution in [0.3, 0.4) is 0 Å². The molecule has 0 aliphatic heterocycles. The molecule has 1 aromatic carbocycles. The molecule has 4 heteroatoms. The van der Waals surface area contributed by atoms with Crippen LogP contribution in [-0.2, 0) is 0 Å². The molecule has 0 bridgehead atoms. The minimum atomic E-state index is -0.115. The number of amides is 2. The van der Waals surface area contributed by atoms with E-state index in [0.29, 0.717) is 11.1 Å². The lowest BCUT2D eigenvalue weighted by Gasteiger charge is -2.24. The van der Waals surface area contributed by atoms with Crippen LogP contribution in [0.5, 0.6) is 0 Å². The smallest absolute Gasteiger partial charge is 0.252 e. The zero-order chi connectivity index (χ0) is 16.8. The van der Waals surface area contributed by atoms with Gasteiger partial charge >= 0.3 is 0 Å². The second-order valence-corrected chi connectivity index (χ2v) is 7.16. The Morgan fingerprint density at radius 1 is 0.667 bits per heavy atom. The van der Waals surface area contributed by atoms with E-state index < -0.39 is 0 Å². The Kier molecular flexibility index (Phi) is 5.89. The van der Waals surface area contributed by atoms with Crippen LogP contribution in [-0.4, -0.2) is 23.9 Å². The zero-order valence-electron chi connectivity index (χ0n) is 14.4. The Bertz CT molecular complexity index is 522. The molecular formula is C20H28N2O2. The van der Waals surface area contributed by atoms with E-state index >= 15 is 0 Å². The Morgan fingerprint density at radius 3 is 1.42 bits per heavy atom. The summed E-state index contributed by atoms with van der Waals surface area (Å²) in [5.74, 6) is -0.229. The summed E-state index contributed by atoms with van der Waals surface area (Å²) < 4.78 is 0. The van der Waals surface area contributed by atoms with Gasteiger partial charge in [-0.15, -0.1) is 0 Å². The van der Waals surface area contributed by atoms with Crippen molar-refractivity contribution in [3.05, 3.63) is 35.4 Å². The monoisotopic (exact) mass is 328 g/mol. The van der Waals surface area contributed by atoms with Gasteiger partial charge in [0.05, 0.1) is 11.1 Å². The van der Waals surface area contributed by atoms with Gasteiger partial charge in [-0.2, -0.15) is 0 Å². The molecule has 1 aromatic rings. The number of benzene rings is 1. The van der Waals surface area contributed by atoms with Crippen LogP contribution in [0.4, 0.5) is 0 Å². The Labute approximate surface area is 144 Å². The van der Waals surface area contributed by atoms with E-state index in [1.807, 2.05) is 12.1 Å². The summed E-state index contributed by atoms with van der Waals surface area (Å²) in [6, 6.07) is 7.67. The molecule has 4 nitrogen and oxygen atoms in total. The summed E-state index contributed by atoms with van der Waals surface area (Å²) in [6.07, 6.45) is 11.4.